The molecule has 0 fully saturated rings. The topological polar surface area (TPSA) is 157 Å². The van der Waals surface area contributed by atoms with Gasteiger partial charge in [0, 0.05) is 29.6 Å². The predicted octanol–water partition coefficient (Wildman–Crippen LogP) is 1.64. The van der Waals surface area contributed by atoms with Gasteiger partial charge in [0.1, 0.15) is 17.8 Å². The molecule has 4 aromatic rings. The van der Waals surface area contributed by atoms with Gasteiger partial charge in [0.25, 0.3) is 0 Å². The smallest absolute Gasteiger partial charge is 0.248 e. The summed E-state index contributed by atoms with van der Waals surface area (Å²) >= 11 is 0. The minimum Gasteiger partial charge on any atom is -0.628 e. The number of benzene rings is 2. The summed E-state index contributed by atoms with van der Waals surface area (Å²) in [5.74, 6) is 1.37. The molecule has 0 atom stereocenters. The van der Waals surface area contributed by atoms with E-state index in [9.17, 15) is 10.4 Å². The first-order valence-corrected chi connectivity index (χ1v) is 8.54. The van der Waals surface area contributed by atoms with Gasteiger partial charge in [-0.3, -0.25) is 0 Å². The van der Waals surface area contributed by atoms with Crippen molar-refractivity contribution in [2.75, 3.05) is 16.4 Å². The number of nitrogens with two attached hydrogens (primary N) is 1. The molecule has 11 nitrogen and oxygen atoms in total. The zero-order valence-corrected chi connectivity index (χ0v) is 15.0. The lowest BCUT2D eigenvalue weighted by Crippen LogP contribution is -2.96. The molecule has 0 radical (unpaired) electrons. The summed E-state index contributed by atoms with van der Waals surface area (Å²) < 4.78 is 1.37. The molecule has 29 heavy (non-hydrogen) atoms. The molecule has 0 aliphatic carbocycles. The fourth-order valence-corrected chi connectivity index (χ4v) is 2.57. The summed E-state index contributed by atoms with van der Waals surface area (Å²) in [4.78, 5) is 12.5. The number of quaternary nitrogens is 1. The van der Waals surface area contributed by atoms with Crippen molar-refractivity contribution >= 4 is 34.8 Å². The second-order valence-corrected chi connectivity index (χ2v) is 5.95. The Morgan fingerprint density at radius 2 is 1.62 bits per heavy atom. The lowest BCUT2D eigenvalue weighted by atomic mass is 10.3. The van der Waals surface area contributed by atoms with Gasteiger partial charge in [-0.2, -0.15) is 9.67 Å². The van der Waals surface area contributed by atoms with Crippen LogP contribution in [0.4, 0.5) is 34.8 Å². The van der Waals surface area contributed by atoms with E-state index < -0.39 is 5.23 Å². The Bertz CT molecular complexity index is 1100. The second kappa shape index (κ2) is 7.90. The fourth-order valence-electron chi connectivity index (χ4n) is 2.57. The van der Waals surface area contributed by atoms with E-state index in [1.807, 2.05) is 30.3 Å². The molecule has 0 unspecified atom stereocenters. The molecule has 0 amide bonds. The van der Waals surface area contributed by atoms with Gasteiger partial charge in [0.05, 0.1) is 0 Å². The molecule has 0 aliphatic heterocycles. The van der Waals surface area contributed by atoms with Crippen LogP contribution in [0.2, 0.25) is 0 Å². The highest BCUT2D eigenvalue weighted by molar-refractivity contribution is 5.59. The molecule has 2 aromatic carbocycles. The third kappa shape index (κ3) is 4.27. The van der Waals surface area contributed by atoms with Crippen LogP contribution in [-0.2, 0) is 0 Å². The van der Waals surface area contributed by atoms with Crippen LogP contribution < -0.4 is 21.6 Å². The average Bonchev–Trinajstić information content (AvgIpc) is 3.09. The Hall–Kier alpha value is -4.06. The van der Waals surface area contributed by atoms with E-state index in [2.05, 4.69) is 30.7 Å². The van der Waals surface area contributed by atoms with Crippen molar-refractivity contribution in [3.63, 3.8) is 0 Å². The maximum atomic E-state index is 10.8. The van der Waals surface area contributed by atoms with Gasteiger partial charge < -0.3 is 32.0 Å². The summed E-state index contributed by atoms with van der Waals surface area (Å²) in [6, 6.07) is 17.3. The van der Waals surface area contributed by atoms with Crippen molar-refractivity contribution in [1.29, 1.82) is 0 Å². The van der Waals surface area contributed by atoms with Gasteiger partial charge in [0.15, 0.2) is 5.82 Å². The Balaban J connectivity index is 1.54. The highest BCUT2D eigenvalue weighted by Crippen LogP contribution is 2.20. The lowest BCUT2D eigenvalue weighted by Gasteiger charge is -2.24. The van der Waals surface area contributed by atoms with Crippen molar-refractivity contribution in [3.05, 3.63) is 77.4 Å². The molecule has 4 rings (SSSR count). The minimum absolute atomic E-state index is 0.0768. The summed E-state index contributed by atoms with van der Waals surface area (Å²) in [5, 5.41) is 30.8. The van der Waals surface area contributed by atoms with Gasteiger partial charge in [-0.1, -0.05) is 18.2 Å². The van der Waals surface area contributed by atoms with Crippen molar-refractivity contribution < 1.29 is 5.23 Å². The summed E-state index contributed by atoms with van der Waals surface area (Å²) in [6.45, 7) is 0. The average molecular weight is 390 g/mol. The molecule has 0 aliphatic rings. The quantitative estimate of drug-likeness (QED) is 0.359. The lowest BCUT2D eigenvalue weighted by molar-refractivity contribution is -0.715. The van der Waals surface area contributed by atoms with Crippen molar-refractivity contribution in [2.24, 2.45) is 0 Å². The molecule has 2 heterocycles. The van der Waals surface area contributed by atoms with Gasteiger partial charge in [-0.15, -0.1) is 5.10 Å². The van der Waals surface area contributed by atoms with E-state index in [0.717, 1.165) is 5.69 Å². The van der Waals surface area contributed by atoms with E-state index in [1.165, 1.54) is 23.1 Å². The highest BCUT2D eigenvalue weighted by atomic mass is 16.8. The van der Waals surface area contributed by atoms with Crippen LogP contribution in [0.1, 0.15) is 0 Å². The third-order valence-electron chi connectivity index (χ3n) is 3.92. The number of rotatable bonds is 6. The van der Waals surface area contributed by atoms with E-state index >= 15 is 0 Å². The molecule has 2 aromatic heterocycles. The van der Waals surface area contributed by atoms with Gasteiger partial charge in [-0.25, -0.2) is 9.97 Å². The van der Waals surface area contributed by atoms with Crippen molar-refractivity contribution in [3.8, 4) is 5.82 Å². The number of hydrogen-bond acceptors (Lipinski definition) is 9. The Labute approximate surface area is 165 Å². The van der Waals surface area contributed by atoms with E-state index in [4.69, 9.17) is 5.73 Å². The molecule has 0 spiro atoms. The van der Waals surface area contributed by atoms with Crippen LogP contribution in [0, 0.1) is 10.4 Å². The first-order chi connectivity index (χ1) is 14.1. The van der Waals surface area contributed by atoms with E-state index in [0.29, 0.717) is 17.3 Å². The summed E-state index contributed by atoms with van der Waals surface area (Å²) in [6.07, 6.45) is 1.40. The normalized spacial score (nSPS) is 10.9. The van der Waals surface area contributed by atoms with Crippen LogP contribution in [0.15, 0.2) is 67.0 Å². The second-order valence-electron chi connectivity index (χ2n) is 5.95. The first kappa shape index (κ1) is 18.3. The maximum absolute atomic E-state index is 10.8. The van der Waals surface area contributed by atoms with E-state index in [-0.39, 0.29) is 17.6 Å². The molecule has 0 bridgehead atoms. The number of nitrogens with zero attached hydrogens (tertiary/aromatic N) is 5. The molecular weight excluding hydrogens is 374 g/mol. The third-order valence-corrected chi connectivity index (χ3v) is 3.92. The van der Waals surface area contributed by atoms with Crippen LogP contribution in [0.5, 0.6) is 0 Å². The molecule has 146 valence electrons. The number of para-hydroxylation sites is 1. The molecule has 0 saturated carbocycles. The van der Waals surface area contributed by atoms with Crippen molar-refractivity contribution in [2.45, 2.75) is 0 Å². The highest BCUT2D eigenvalue weighted by Gasteiger charge is 2.11. The van der Waals surface area contributed by atoms with Crippen LogP contribution in [-0.4, -0.2) is 24.7 Å². The number of nitrogens with one attached hydrogen (secondary N) is 3. The largest absolute Gasteiger partial charge is 0.628 e. The number of nitrogen functional groups attached to an aromatic ring is 1. The Kier molecular flexibility index (Phi) is 4.99. The minimum atomic E-state index is -1.24. The van der Waals surface area contributed by atoms with E-state index in [1.54, 1.807) is 18.2 Å². The zero-order valence-electron chi connectivity index (χ0n) is 15.0. The van der Waals surface area contributed by atoms with Gasteiger partial charge in [-0.05, 0) is 24.3 Å². The molecule has 0 saturated heterocycles. The monoisotopic (exact) mass is 390 g/mol. The number of anilines is 5. The Morgan fingerprint density at radius 3 is 2.34 bits per heavy atom. The number of aromatic nitrogens is 5. The van der Waals surface area contributed by atoms with Crippen molar-refractivity contribution in [1.82, 2.24) is 24.7 Å². The predicted molar refractivity (Wildman–Crippen MR) is 108 cm³/mol. The zero-order chi connectivity index (χ0) is 20.2. The number of hydrogen-bond donors (Lipinski definition) is 4. The summed E-state index contributed by atoms with van der Waals surface area (Å²) in [5.41, 5.74) is 7.53. The first-order valence-electron chi connectivity index (χ1n) is 8.54. The van der Waals surface area contributed by atoms with Crippen LogP contribution in [0.3, 0.4) is 0 Å². The Morgan fingerprint density at radius 1 is 0.897 bits per heavy atom. The fraction of sp³-hybridized carbons (Fsp3) is 0. The van der Waals surface area contributed by atoms with Gasteiger partial charge >= 0.3 is 0 Å². The van der Waals surface area contributed by atoms with Crippen LogP contribution >= 0.6 is 0 Å². The standard InChI is InChI=1S/C18H16N9O2/c19-17-24-18(23-13-6-8-14(9-7-13)27(28)29)25-26(17)16-10-15(20-11-21-16)22-12-4-2-1-3-5-12/h1-11,27H,(H,20,21,22)(H3,19,23,24,25)/q-1. The maximum Gasteiger partial charge on any atom is 0.248 e. The summed E-state index contributed by atoms with van der Waals surface area (Å²) in [7, 11) is 0. The SMILES string of the molecule is Nc1nc(Nc2ccc([NH+]([O-])[O-])cc2)nn1-c1cc(Nc2ccccc2)ncn1. The van der Waals surface area contributed by atoms with Gasteiger partial charge in [0.2, 0.25) is 11.9 Å². The molecule has 5 N–H and O–H groups in total. The molecular formula is C18H16N9O2-. The molecule has 11 heteroatoms. The van der Waals surface area contributed by atoms with Crippen LogP contribution in [0.25, 0.3) is 5.82 Å².